The molecule has 1 saturated heterocycles. The molecule has 11 heteroatoms. The summed E-state index contributed by atoms with van der Waals surface area (Å²) in [5.41, 5.74) is -1.66. The Labute approximate surface area is 184 Å². The Bertz CT molecular complexity index is 1320. The minimum atomic E-state index is -4.87. The number of nitrogens with one attached hydrogen (secondary N) is 2. The molecule has 8 nitrogen and oxygen atoms in total. The van der Waals surface area contributed by atoms with E-state index in [4.69, 9.17) is 4.74 Å². The maximum atomic E-state index is 12.6. The first-order chi connectivity index (χ1) is 15.6. The minimum Gasteiger partial charge on any atom is -0.497 e. The molecule has 4 rings (SSSR count). The molecule has 1 aliphatic heterocycles. The van der Waals surface area contributed by atoms with E-state index in [0.29, 0.717) is 16.5 Å². The van der Waals surface area contributed by atoms with Crippen LogP contribution < -0.4 is 20.1 Å². The number of methoxy groups -OCH3 is 1. The minimum absolute atomic E-state index is 0.122. The second-order valence-corrected chi connectivity index (χ2v) is 7.17. The smallest absolute Gasteiger partial charge is 0.497 e. The molecule has 3 amide bonds. The molecule has 170 valence electrons. The molecular formula is C22H16F3N3O5. The number of ether oxygens (including phenoxy) is 2. The van der Waals surface area contributed by atoms with Crippen LogP contribution in [-0.2, 0) is 11.3 Å². The highest BCUT2D eigenvalue weighted by atomic mass is 19.4. The molecule has 33 heavy (non-hydrogen) atoms. The maximum absolute atomic E-state index is 12.6. The van der Waals surface area contributed by atoms with Gasteiger partial charge in [-0.1, -0.05) is 17.9 Å². The molecule has 0 saturated carbocycles. The fraction of sp³-hybridized carbons (Fsp3) is 0.182. The Kier molecular flexibility index (Phi) is 5.29. The van der Waals surface area contributed by atoms with Gasteiger partial charge in [-0.3, -0.25) is 10.1 Å². The quantitative estimate of drug-likeness (QED) is 0.412. The van der Waals surface area contributed by atoms with E-state index in [0.717, 1.165) is 12.1 Å². The molecule has 0 unspecified atom stereocenters. The van der Waals surface area contributed by atoms with Gasteiger partial charge >= 0.3 is 12.4 Å². The molecule has 1 aromatic heterocycles. The van der Waals surface area contributed by atoms with Crippen molar-refractivity contribution in [3.05, 3.63) is 54.2 Å². The number of fused-ring (bicyclic) bond motifs is 1. The third kappa shape index (κ3) is 4.50. The third-order valence-electron chi connectivity index (χ3n) is 4.91. The molecule has 1 fully saturated rings. The van der Waals surface area contributed by atoms with E-state index < -0.39 is 29.6 Å². The van der Waals surface area contributed by atoms with Crippen molar-refractivity contribution in [3.63, 3.8) is 0 Å². The summed E-state index contributed by atoms with van der Waals surface area (Å²) in [6.45, 7) is -0.265. The van der Waals surface area contributed by atoms with Gasteiger partial charge in [-0.15, -0.1) is 13.2 Å². The van der Waals surface area contributed by atoms with Crippen LogP contribution in [0.1, 0.15) is 5.56 Å². The van der Waals surface area contributed by atoms with E-state index in [1.807, 2.05) is 0 Å². The highest BCUT2D eigenvalue weighted by Gasteiger charge is 2.46. The first kappa shape index (κ1) is 21.9. The van der Waals surface area contributed by atoms with Crippen LogP contribution in [-0.4, -0.2) is 40.6 Å². The topological polar surface area (TPSA) is 102 Å². The number of benzene rings is 2. The lowest BCUT2D eigenvalue weighted by molar-refractivity contribution is -0.274. The zero-order chi connectivity index (χ0) is 23.8. The lowest BCUT2D eigenvalue weighted by Gasteiger charge is -2.20. The number of hydrogen-bond acceptors (Lipinski definition) is 5. The van der Waals surface area contributed by atoms with Crippen LogP contribution in [0.4, 0.5) is 18.0 Å². The summed E-state index contributed by atoms with van der Waals surface area (Å²) in [5.74, 6) is 4.33. The van der Waals surface area contributed by atoms with Crippen LogP contribution in [0.2, 0.25) is 0 Å². The van der Waals surface area contributed by atoms with Crippen molar-refractivity contribution >= 4 is 22.7 Å². The fourth-order valence-corrected chi connectivity index (χ4v) is 3.41. The van der Waals surface area contributed by atoms with Crippen molar-refractivity contribution in [2.24, 2.45) is 0 Å². The van der Waals surface area contributed by atoms with E-state index in [2.05, 4.69) is 27.2 Å². The number of carbonyl (C=O) groups is 2. The highest BCUT2D eigenvalue weighted by molar-refractivity contribution is 6.09. The van der Waals surface area contributed by atoms with Crippen LogP contribution in [0.3, 0.4) is 0 Å². The summed E-state index contributed by atoms with van der Waals surface area (Å²) in [7, 11) is 1.48. The highest BCUT2D eigenvalue weighted by Crippen LogP contribution is 2.32. The number of hydrogen-bond donors (Lipinski definition) is 3. The molecule has 0 radical (unpaired) electrons. The lowest BCUT2D eigenvalue weighted by atomic mass is 9.99. The second-order valence-electron chi connectivity index (χ2n) is 7.17. The summed E-state index contributed by atoms with van der Waals surface area (Å²) < 4.78 is 47.8. The van der Waals surface area contributed by atoms with E-state index >= 15 is 0 Å². The van der Waals surface area contributed by atoms with Gasteiger partial charge in [0.25, 0.3) is 5.91 Å². The number of imide groups is 1. The molecule has 3 N–H and O–H groups in total. The summed E-state index contributed by atoms with van der Waals surface area (Å²) in [5, 5.41) is 16.3. The van der Waals surface area contributed by atoms with Gasteiger partial charge in [0, 0.05) is 22.5 Å². The average Bonchev–Trinajstić information content (AvgIpc) is 3.20. The SMILES string of the molecule is COc1ccc2cn(C[C@@]3(C#Cc4cccc(OC(F)(F)F)c4)NC(=O)NC3=O)c(O)c2c1. The van der Waals surface area contributed by atoms with Crippen molar-refractivity contribution in [2.75, 3.05) is 7.11 Å². The van der Waals surface area contributed by atoms with Crippen LogP contribution in [0.15, 0.2) is 48.7 Å². The first-order valence-electron chi connectivity index (χ1n) is 9.47. The van der Waals surface area contributed by atoms with Crippen molar-refractivity contribution in [1.82, 2.24) is 15.2 Å². The first-order valence-corrected chi connectivity index (χ1v) is 9.47. The van der Waals surface area contributed by atoms with E-state index in [1.165, 1.54) is 23.8 Å². The van der Waals surface area contributed by atoms with Gasteiger partial charge in [0.05, 0.1) is 13.7 Å². The number of alkyl halides is 3. The Morgan fingerprint density at radius 2 is 1.94 bits per heavy atom. The molecule has 0 bridgehead atoms. The fourth-order valence-electron chi connectivity index (χ4n) is 3.41. The number of rotatable bonds is 4. The molecule has 1 aliphatic rings. The van der Waals surface area contributed by atoms with Gasteiger partial charge in [0.2, 0.25) is 5.54 Å². The molecule has 0 aliphatic carbocycles. The van der Waals surface area contributed by atoms with Crippen LogP contribution in [0, 0.1) is 11.8 Å². The molecule has 2 aromatic carbocycles. The average molecular weight is 459 g/mol. The molecule has 2 heterocycles. The zero-order valence-corrected chi connectivity index (χ0v) is 17.0. The summed E-state index contributed by atoms with van der Waals surface area (Å²) in [6.07, 6.45) is -3.30. The van der Waals surface area contributed by atoms with Crippen LogP contribution in [0.25, 0.3) is 10.8 Å². The summed E-state index contributed by atoms with van der Waals surface area (Å²) in [6, 6.07) is 9.12. The number of aromatic hydroxyl groups is 1. The number of amides is 3. The van der Waals surface area contributed by atoms with Crippen molar-refractivity contribution in [1.29, 1.82) is 0 Å². The number of halogens is 3. The van der Waals surface area contributed by atoms with E-state index in [-0.39, 0.29) is 18.0 Å². The van der Waals surface area contributed by atoms with E-state index in [9.17, 15) is 27.9 Å². The van der Waals surface area contributed by atoms with Crippen molar-refractivity contribution < 1.29 is 37.3 Å². The lowest BCUT2D eigenvalue weighted by Crippen LogP contribution is -2.49. The number of carbonyl (C=O) groups excluding carboxylic acids is 2. The Balaban J connectivity index is 1.71. The van der Waals surface area contributed by atoms with E-state index in [1.54, 1.807) is 24.4 Å². The van der Waals surface area contributed by atoms with Crippen molar-refractivity contribution in [3.8, 4) is 29.2 Å². The summed E-state index contributed by atoms with van der Waals surface area (Å²) in [4.78, 5) is 24.5. The molecule has 1 atom stereocenters. The predicted octanol–water partition coefficient (Wildman–Crippen LogP) is 2.88. The number of nitrogens with zero attached hydrogens (tertiary/aromatic N) is 1. The normalized spacial score (nSPS) is 17.8. The predicted molar refractivity (Wildman–Crippen MR) is 110 cm³/mol. The monoisotopic (exact) mass is 459 g/mol. The van der Waals surface area contributed by atoms with Crippen LogP contribution in [0.5, 0.6) is 17.4 Å². The molecule has 0 spiro atoms. The maximum Gasteiger partial charge on any atom is 0.573 e. The number of aromatic nitrogens is 1. The largest absolute Gasteiger partial charge is 0.573 e. The van der Waals surface area contributed by atoms with Gasteiger partial charge in [0.1, 0.15) is 11.5 Å². The number of urea groups is 1. The third-order valence-corrected chi connectivity index (χ3v) is 4.91. The van der Waals surface area contributed by atoms with Gasteiger partial charge in [-0.25, -0.2) is 4.79 Å². The van der Waals surface area contributed by atoms with Gasteiger partial charge in [0.15, 0.2) is 5.88 Å². The van der Waals surface area contributed by atoms with Gasteiger partial charge < -0.3 is 24.5 Å². The molecular weight excluding hydrogens is 443 g/mol. The standard InChI is InChI=1S/C22H16F3N3O5/c1-32-15-6-5-14-11-28(18(29)17(14)10-15)12-21(19(30)26-20(31)27-21)8-7-13-3-2-4-16(9-13)33-22(23,24)25/h2-6,9-11,29H,12H2,1H3,(H2,26,27,30,31)/t21-/m1/s1. The van der Waals surface area contributed by atoms with Crippen LogP contribution >= 0.6 is 0 Å². The Morgan fingerprint density at radius 3 is 2.61 bits per heavy atom. The second kappa shape index (κ2) is 7.98. The Morgan fingerprint density at radius 1 is 1.15 bits per heavy atom. The van der Waals surface area contributed by atoms with Crippen molar-refractivity contribution in [2.45, 2.75) is 18.4 Å². The van der Waals surface area contributed by atoms with Gasteiger partial charge in [-0.2, -0.15) is 0 Å². The summed E-state index contributed by atoms with van der Waals surface area (Å²) >= 11 is 0. The zero-order valence-electron chi connectivity index (χ0n) is 17.0. The molecule has 3 aromatic rings. The Hall–Kier alpha value is -4.33. The van der Waals surface area contributed by atoms with Gasteiger partial charge in [-0.05, 0) is 36.4 Å².